The zero-order chi connectivity index (χ0) is 11.0. The highest BCUT2D eigenvalue weighted by Gasteiger charge is 2.19. The predicted molar refractivity (Wildman–Crippen MR) is 64.8 cm³/mol. The average Bonchev–Trinajstić information content (AvgIpc) is 2.81. The minimum Gasteiger partial charge on any atom is -0.316 e. The van der Waals surface area contributed by atoms with Crippen LogP contribution in [0.2, 0.25) is 5.02 Å². The SMILES string of the molecule is Clc1ccc2cnc(C3CCNC3)nc2c1. The van der Waals surface area contributed by atoms with Gasteiger partial charge < -0.3 is 5.32 Å². The standard InChI is InChI=1S/C12H12ClN3/c13-10-2-1-8-7-15-12(16-11(8)5-10)9-3-4-14-6-9/h1-2,5,7,9,14H,3-4,6H2. The Kier molecular flexibility index (Phi) is 2.50. The van der Waals surface area contributed by atoms with Gasteiger partial charge in [0.2, 0.25) is 0 Å². The normalized spacial score (nSPS) is 20.4. The van der Waals surface area contributed by atoms with E-state index in [9.17, 15) is 0 Å². The van der Waals surface area contributed by atoms with Gasteiger partial charge in [-0.2, -0.15) is 0 Å². The molecule has 1 aliphatic heterocycles. The van der Waals surface area contributed by atoms with Crippen molar-refractivity contribution in [1.29, 1.82) is 0 Å². The van der Waals surface area contributed by atoms with Crippen LogP contribution in [0.3, 0.4) is 0 Å². The van der Waals surface area contributed by atoms with Crippen molar-refractivity contribution in [2.45, 2.75) is 12.3 Å². The molecule has 0 aliphatic carbocycles. The first-order valence-corrected chi connectivity index (χ1v) is 5.83. The van der Waals surface area contributed by atoms with Crippen LogP contribution in [0, 0.1) is 0 Å². The second kappa shape index (κ2) is 4.00. The van der Waals surface area contributed by atoms with Crippen LogP contribution in [0.4, 0.5) is 0 Å². The zero-order valence-electron chi connectivity index (χ0n) is 8.78. The zero-order valence-corrected chi connectivity index (χ0v) is 9.54. The third-order valence-corrected chi connectivity index (χ3v) is 3.22. The van der Waals surface area contributed by atoms with Crippen molar-refractivity contribution in [2.75, 3.05) is 13.1 Å². The first-order valence-electron chi connectivity index (χ1n) is 5.46. The van der Waals surface area contributed by atoms with Crippen LogP contribution in [0.25, 0.3) is 10.9 Å². The summed E-state index contributed by atoms with van der Waals surface area (Å²) in [5.74, 6) is 1.38. The Labute approximate surface area is 98.9 Å². The van der Waals surface area contributed by atoms with Gasteiger partial charge in [0.25, 0.3) is 0 Å². The van der Waals surface area contributed by atoms with Crippen molar-refractivity contribution in [3.8, 4) is 0 Å². The fraction of sp³-hybridized carbons (Fsp3) is 0.333. The van der Waals surface area contributed by atoms with Crippen LogP contribution in [-0.2, 0) is 0 Å². The lowest BCUT2D eigenvalue weighted by atomic mass is 10.1. The number of benzene rings is 1. The quantitative estimate of drug-likeness (QED) is 0.822. The monoisotopic (exact) mass is 233 g/mol. The molecule has 0 spiro atoms. The number of fused-ring (bicyclic) bond motifs is 1. The Balaban J connectivity index is 2.07. The van der Waals surface area contributed by atoms with Gasteiger partial charge in [-0.3, -0.25) is 0 Å². The Morgan fingerprint density at radius 1 is 1.38 bits per heavy atom. The maximum Gasteiger partial charge on any atom is 0.133 e. The molecule has 0 amide bonds. The van der Waals surface area contributed by atoms with Gasteiger partial charge in [-0.05, 0) is 31.2 Å². The van der Waals surface area contributed by atoms with Crippen molar-refractivity contribution in [3.05, 3.63) is 35.2 Å². The fourth-order valence-corrected chi connectivity index (χ4v) is 2.25. The molecule has 0 radical (unpaired) electrons. The van der Waals surface area contributed by atoms with E-state index in [4.69, 9.17) is 11.6 Å². The number of aromatic nitrogens is 2. The molecule has 0 bridgehead atoms. The molecule has 1 fully saturated rings. The van der Waals surface area contributed by atoms with Gasteiger partial charge in [0.15, 0.2) is 0 Å². The lowest BCUT2D eigenvalue weighted by Crippen LogP contribution is -2.10. The molecule has 1 unspecified atom stereocenters. The Bertz CT molecular complexity index is 521. The van der Waals surface area contributed by atoms with Crippen LogP contribution < -0.4 is 5.32 Å². The second-order valence-electron chi connectivity index (χ2n) is 4.12. The van der Waals surface area contributed by atoms with Crippen LogP contribution in [0.15, 0.2) is 24.4 Å². The molecule has 2 heterocycles. The minimum atomic E-state index is 0.448. The van der Waals surface area contributed by atoms with E-state index in [2.05, 4.69) is 15.3 Å². The van der Waals surface area contributed by atoms with E-state index < -0.39 is 0 Å². The minimum absolute atomic E-state index is 0.448. The summed E-state index contributed by atoms with van der Waals surface area (Å²) < 4.78 is 0. The summed E-state index contributed by atoms with van der Waals surface area (Å²) in [5, 5.41) is 5.09. The fourth-order valence-electron chi connectivity index (χ4n) is 2.08. The molecule has 82 valence electrons. The molecule has 1 N–H and O–H groups in total. The van der Waals surface area contributed by atoms with Gasteiger partial charge in [-0.15, -0.1) is 0 Å². The summed E-state index contributed by atoms with van der Waals surface area (Å²) in [6, 6.07) is 5.71. The Hall–Kier alpha value is -1.19. The molecule has 3 nitrogen and oxygen atoms in total. The van der Waals surface area contributed by atoms with Crippen LogP contribution >= 0.6 is 11.6 Å². The molecule has 1 atom stereocenters. The van der Waals surface area contributed by atoms with E-state index >= 15 is 0 Å². The molecular formula is C12H12ClN3. The molecule has 16 heavy (non-hydrogen) atoms. The van der Waals surface area contributed by atoms with Gasteiger partial charge in [0.1, 0.15) is 5.82 Å². The third-order valence-electron chi connectivity index (χ3n) is 2.99. The summed E-state index contributed by atoms with van der Waals surface area (Å²) in [4.78, 5) is 9.01. The summed E-state index contributed by atoms with van der Waals surface area (Å²) in [7, 11) is 0. The average molecular weight is 234 g/mol. The van der Waals surface area contributed by atoms with E-state index in [1.54, 1.807) is 0 Å². The number of hydrogen-bond acceptors (Lipinski definition) is 3. The summed E-state index contributed by atoms with van der Waals surface area (Å²) in [6.07, 6.45) is 3.00. The molecule has 1 saturated heterocycles. The van der Waals surface area contributed by atoms with Crippen molar-refractivity contribution >= 4 is 22.5 Å². The van der Waals surface area contributed by atoms with E-state index in [1.807, 2.05) is 24.4 Å². The van der Waals surface area contributed by atoms with Crippen molar-refractivity contribution in [2.24, 2.45) is 0 Å². The molecule has 1 aromatic carbocycles. The second-order valence-corrected chi connectivity index (χ2v) is 4.56. The first-order chi connectivity index (χ1) is 7.83. The highest BCUT2D eigenvalue weighted by atomic mass is 35.5. The van der Waals surface area contributed by atoms with Crippen LogP contribution in [0.5, 0.6) is 0 Å². The summed E-state index contributed by atoms with van der Waals surface area (Å²) >= 11 is 5.96. The Morgan fingerprint density at radius 3 is 3.12 bits per heavy atom. The molecule has 2 aromatic rings. The van der Waals surface area contributed by atoms with Gasteiger partial charge in [0, 0.05) is 29.1 Å². The first kappa shape index (κ1) is 10.00. The van der Waals surface area contributed by atoms with E-state index in [-0.39, 0.29) is 0 Å². The maximum atomic E-state index is 5.96. The molecule has 1 aliphatic rings. The third kappa shape index (κ3) is 1.77. The maximum absolute atomic E-state index is 5.96. The van der Waals surface area contributed by atoms with Gasteiger partial charge in [0.05, 0.1) is 5.52 Å². The largest absolute Gasteiger partial charge is 0.316 e. The number of rotatable bonds is 1. The topological polar surface area (TPSA) is 37.8 Å². The number of halogens is 1. The number of nitrogens with zero attached hydrogens (tertiary/aromatic N) is 2. The molecule has 1 aromatic heterocycles. The van der Waals surface area contributed by atoms with Crippen LogP contribution in [0.1, 0.15) is 18.2 Å². The van der Waals surface area contributed by atoms with E-state index in [1.165, 1.54) is 0 Å². The van der Waals surface area contributed by atoms with Gasteiger partial charge in [-0.1, -0.05) is 11.6 Å². The van der Waals surface area contributed by atoms with Gasteiger partial charge >= 0.3 is 0 Å². The highest BCUT2D eigenvalue weighted by molar-refractivity contribution is 6.31. The molecule has 3 rings (SSSR count). The summed E-state index contributed by atoms with van der Waals surface area (Å²) in [5.41, 5.74) is 0.935. The Morgan fingerprint density at radius 2 is 2.31 bits per heavy atom. The lowest BCUT2D eigenvalue weighted by molar-refractivity contribution is 0.707. The highest BCUT2D eigenvalue weighted by Crippen LogP contribution is 2.22. The van der Waals surface area contributed by atoms with Gasteiger partial charge in [-0.25, -0.2) is 9.97 Å². The summed E-state index contributed by atoms with van der Waals surface area (Å²) in [6.45, 7) is 2.04. The number of nitrogens with one attached hydrogen (secondary N) is 1. The molecule has 4 heteroatoms. The van der Waals surface area contributed by atoms with E-state index in [0.717, 1.165) is 41.3 Å². The van der Waals surface area contributed by atoms with E-state index in [0.29, 0.717) is 5.92 Å². The number of hydrogen-bond donors (Lipinski definition) is 1. The van der Waals surface area contributed by atoms with Crippen molar-refractivity contribution in [1.82, 2.24) is 15.3 Å². The van der Waals surface area contributed by atoms with Crippen molar-refractivity contribution < 1.29 is 0 Å². The van der Waals surface area contributed by atoms with Crippen molar-refractivity contribution in [3.63, 3.8) is 0 Å². The molecule has 0 saturated carbocycles. The van der Waals surface area contributed by atoms with Crippen LogP contribution in [-0.4, -0.2) is 23.1 Å². The molecular weight excluding hydrogens is 222 g/mol. The predicted octanol–water partition coefficient (Wildman–Crippen LogP) is 2.36. The smallest absolute Gasteiger partial charge is 0.133 e. The lowest BCUT2D eigenvalue weighted by Gasteiger charge is -2.07.